The Kier molecular flexibility index (Phi) is 12.0. The quantitative estimate of drug-likeness (QED) is 0.144. The molecule has 0 bridgehead atoms. The van der Waals surface area contributed by atoms with Gasteiger partial charge in [0, 0.05) is 35.4 Å². The van der Waals surface area contributed by atoms with Gasteiger partial charge in [-0.1, -0.05) is 88.3 Å². The molecular formula is C29H42N4O4. The van der Waals surface area contributed by atoms with Crippen LogP contribution in [0.1, 0.15) is 84.0 Å². The lowest BCUT2D eigenvalue weighted by Gasteiger charge is -2.18. The Morgan fingerprint density at radius 3 is 2.76 bits per heavy atom. The van der Waals surface area contributed by atoms with E-state index in [0.29, 0.717) is 12.2 Å². The molecule has 37 heavy (non-hydrogen) atoms. The number of hydrogen-bond donors (Lipinski definition) is 4. The number of ketones is 1. The van der Waals surface area contributed by atoms with Gasteiger partial charge in [0.15, 0.2) is 5.82 Å². The van der Waals surface area contributed by atoms with E-state index in [-0.39, 0.29) is 29.9 Å². The van der Waals surface area contributed by atoms with E-state index in [2.05, 4.69) is 28.0 Å². The fraction of sp³-hybridized carbons (Fsp3) is 0.586. The Bertz CT molecular complexity index is 1020. The van der Waals surface area contributed by atoms with Crippen LogP contribution in [0, 0.1) is 11.8 Å². The van der Waals surface area contributed by atoms with Crippen molar-refractivity contribution in [2.75, 3.05) is 5.43 Å². The number of benzene rings is 1. The first-order valence-corrected chi connectivity index (χ1v) is 13.8. The molecule has 1 aromatic heterocycles. The number of hydrogen-bond acceptors (Lipinski definition) is 7. The van der Waals surface area contributed by atoms with Crippen molar-refractivity contribution in [2.45, 2.75) is 96.2 Å². The highest BCUT2D eigenvalue weighted by atomic mass is 16.3. The van der Waals surface area contributed by atoms with Gasteiger partial charge in [-0.2, -0.15) is 5.10 Å². The third-order valence-electron chi connectivity index (χ3n) is 7.20. The number of nitrogens with one attached hydrogen (secondary N) is 2. The largest absolute Gasteiger partial charge is 0.392 e. The molecule has 1 heterocycles. The number of anilines is 1. The molecule has 202 valence electrons. The van der Waals surface area contributed by atoms with E-state index in [1.54, 1.807) is 12.3 Å². The number of fused-ring (bicyclic) bond motifs is 1. The van der Waals surface area contributed by atoms with Crippen LogP contribution in [0.2, 0.25) is 0 Å². The summed E-state index contributed by atoms with van der Waals surface area (Å²) in [5, 5.41) is 30.4. The van der Waals surface area contributed by atoms with E-state index < -0.39 is 12.2 Å². The zero-order valence-electron chi connectivity index (χ0n) is 21.9. The van der Waals surface area contributed by atoms with Crippen molar-refractivity contribution in [3.8, 4) is 0 Å². The topological polar surface area (TPSA) is 124 Å². The molecule has 3 rings (SSSR count). The highest BCUT2D eigenvalue weighted by Gasteiger charge is 2.39. The molecule has 0 aliphatic heterocycles. The van der Waals surface area contributed by atoms with Gasteiger partial charge >= 0.3 is 0 Å². The molecule has 1 amide bonds. The lowest BCUT2D eigenvalue weighted by molar-refractivity contribution is -0.122. The molecule has 8 heteroatoms. The first-order valence-electron chi connectivity index (χ1n) is 13.8. The maximum absolute atomic E-state index is 12.4. The molecule has 2 aromatic rings. The molecule has 4 N–H and O–H groups in total. The van der Waals surface area contributed by atoms with Gasteiger partial charge in [-0.3, -0.25) is 20.4 Å². The number of amides is 1. The van der Waals surface area contributed by atoms with E-state index >= 15 is 0 Å². The molecule has 1 saturated carbocycles. The van der Waals surface area contributed by atoms with Crippen molar-refractivity contribution >= 4 is 28.3 Å². The van der Waals surface area contributed by atoms with Crippen LogP contribution < -0.4 is 10.9 Å². The summed E-state index contributed by atoms with van der Waals surface area (Å²) >= 11 is 0. The fourth-order valence-electron chi connectivity index (χ4n) is 5.04. The minimum atomic E-state index is -0.649. The number of carbonyl (C=O) groups is 2. The van der Waals surface area contributed by atoms with Gasteiger partial charge in [0.1, 0.15) is 5.78 Å². The van der Waals surface area contributed by atoms with Crippen LogP contribution in [0.25, 0.3) is 10.8 Å². The molecule has 1 aromatic carbocycles. The molecule has 0 radical (unpaired) electrons. The Morgan fingerprint density at radius 2 is 1.92 bits per heavy atom. The highest BCUT2D eigenvalue weighted by Crippen LogP contribution is 2.34. The number of aliphatic hydroxyl groups is 2. The predicted molar refractivity (Wildman–Crippen MR) is 146 cm³/mol. The average molecular weight is 511 g/mol. The van der Waals surface area contributed by atoms with Crippen molar-refractivity contribution in [2.24, 2.45) is 11.8 Å². The molecular weight excluding hydrogens is 468 g/mol. The number of aliphatic hydroxyl groups excluding tert-OH is 2. The normalized spacial score (nSPS) is 20.5. The number of nitrogens with zero attached hydrogens (tertiary/aromatic N) is 2. The summed E-state index contributed by atoms with van der Waals surface area (Å²) in [5.74, 6) is 0.200. The minimum Gasteiger partial charge on any atom is -0.392 e. The van der Waals surface area contributed by atoms with Gasteiger partial charge in [0.2, 0.25) is 5.91 Å². The van der Waals surface area contributed by atoms with Crippen LogP contribution in [-0.2, 0) is 9.59 Å². The molecule has 8 nitrogen and oxygen atoms in total. The van der Waals surface area contributed by atoms with E-state index in [0.717, 1.165) is 75.0 Å². The van der Waals surface area contributed by atoms with E-state index in [1.165, 1.54) is 0 Å². The van der Waals surface area contributed by atoms with E-state index in [4.69, 9.17) is 0 Å². The molecule has 4 atom stereocenters. The maximum Gasteiger partial charge on any atom is 0.238 e. The number of hydrazine groups is 1. The van der Waals surface area contributed by atoms with Gasteiger partial charge in [-0.25, -0.2) is 0 Å². The van der Waals surface area contributed by atoms with Gasteiger partial charge < -0.3 is 10.2 Å². The van der Waals surface area contributed by atoms with Crippen LogP contribution in [-0.4, -0.2) is 44.3 Å². The number of unbranched alkanes of at least 4 members (excludes halogenated alkanes) is 6. The zero-order valence-corrected chi connectivity index (χ0v) is 21.9. The minimum absolute atomic E-state index is 0.0909. The van der Waals surface area contributed by atoms with Gasteiger partial charge in [0.25, 0.3) is 0 Å². The summed E-state index contributed by atoms with van der Waals surface area (Å²) in [5.41, 5.74) is 5.58. The van der Waals surface area contributed by atoms with Gasteiger partial charge in [-0.15, -0.1) is 5.10 Å². The van der Waals surface area contributed by atoms with Crippen molar-refractivity contribution < 1.29 is 19.8 Å². The number of aromatic nitrogens is 2. The van der Waals surface area contributed by atoms with E-state index in [9.17, 15) is 19.8 Å². The smallest absolute Gasteiger partial charge is 0.238 e. The second-order valence-corrected chi connectivity index (χ2v) is 10.1. The predicted octanol–water partition coefficient (Wildman–Crippen LogP) is 4.87. The summed E-state index contributed by atoms with van der Waals surface area (Å²) in [7, 11) is 0. The van der Waals surface area contributed by atoms with E-state index in [1.807, 2.05) is 30.3 Å². The SMILES string of the molecule is CCCCCC(O)C=CC1C(O)CC(=O)[C@@H]1CCCCCCCC(=O)NNc1nncc2ccccc12. The van der Waals surface area contributed by atoms with Crippen molar-refractivity contribution in [3.05, 3.63) is 42.6 Å². The Balaban J connectivity index is 1.29. The molecule has 1 fully saturated rings. The lowest BCUT2D eigenvalue weighted by Crippen LogP contribution is -2.29. The van der Waals surface area contributed by atoms with Crippen LogP contribution in [0.4, 0.5) is 5.82 Å². The van der Waals surface area contributed by atoms with Crippen molar-refractivity contribution in [3.63, 3.8) is 0 Å². The molecule has 0 saturated heterocycles. The monoisotopic (exact) mass is 510 g/mol. The Morgan fingerprint density at radius 1 is 1.14 bits per heavy atom. The molecule has 0 spiro atoms. The van der Waals surface area contributed by atoms with Crippen molar-refractivity contribution in [1.29, 1.82) is 0 Å². The fourth-order valence-corrected chi connectivity index (χ4v) is 5.04. The van der Waals surface area contributed by atoms with Crippen LogP contribution >= 0.6 is 0 Å². The lowest BCUT2D eigenvalue weighted by atomic mass is 9.88. The number of Topliss-reactive ketones (excluding diaryl/α,β-unsaturated/α-hetero) is 1. The first-order chi connectivity index (χ1) is 18.0. The van der Waals surface area contributed by atoms with Crippen LogP contribution in [0.15, 0.2) is 42.6 Å². The summed E-state index contributed by atoms with van der Waals surface area (Å²) in [4.78, 5) is 24.6. The van der Waals surface area contributed by atoms with Crippen LogP contribution in [0.5, 0.6) is 0 Å². The second kappa shape index (κ2) is 15.4. The number of carbonyl (C=O) groups excluding carboxylic acids is 2. The third-order valence-corrected chi connectivity index (χ3v) is 7.20. The summed E-state index contributed by atoms with van der Waals surface area (Å²) in [6.45, 7) is 2.13. The average Bonchev–Trinajstić information content (AvgIpc) is 3.17. The van der Waals surface area contributed by atoms with Gasteiger partial charge in [-0.05, 0) is 19.3 Å². The van der Waals surface area contributed by atoms with Crippen LogP contribution in [0.3, 0.4) is 0 Å². The summed E-state index contributed by atoms with van der Waals surface area (Å²) < 4.78 is 0. The standard InChI is InChI=1S/C29H42N4O4/c1-2-3-7-13-22(34)17-18-25-24(26(35)19-27(25)36)15-8-5-4-6-9-16-28(37)31-33-29-23-14-11-10-12-21(23)20-30-32-29/h10-12,14,17-18,20,22,24-25,27,34,36H,2-9,13,15-16,19H2,1H3,(H,31,37)(H,32,33)/t22?,24-,25?,27?/m1/s1. The van der Waals surface area contributed by atoms with Gasteiger partial charge in [0.05, 0.1) is 18.4 Å². The molecule has 3 unspecified atom stereocenters. The molecule has 1 aliphatic rings. The Labute approximate surface area is 219 Å². The Hall–Kier alpha value is -2.84. The summed E-state index contributed by atoms with van der Waals surface area (Å²) in [6.07, 6.45) is 14.1. The van der Waals surface area contributed by atoms with Crippen molar-refractivity contribution in [1.82, 2.24) is 15.6 Å². The summed E-state index contributed by atoms with van der Waals surface area (Å²) in [6, 6.07) is 7.71. The number of rotatable bonds is 16. The highest BCUT2D eigenvalue weighted by molar-refractivity contribution is 5.91. The molecule has 1 aliphatic carbocycles. The third kappa shape index (κ3) is 9.20. The maximum atomic E-state index is 12.4. The zero-order chi connectivity index (χ0) is 26.5. The second-order valence-electron chi connectivity index (χ2n) is 10.1. The first kappa shape index (κ1) is 28.7.